The molecule has 1 atom stereocenters. The number of ether oxygens (including phenoxy) is 1. The van der Waals surface area contributed by atoms with Gasteiger partial charge in [0.05, 0.1) is 13.0 Å². The number of nitrogens with zero attached hydrogens (tertiary/aromatic N) is 1. The third-order valence-electron chi connectivity index (χ3n) is 3.70. The van der Waals surface area contributed by atoms with E-state index in [0.717, 1.165) is 11.3 Å². The maximum atomic E-state index is 12.3. The van der Waals surface area contributed by atoms with Gasteiger partial charge in [0.15, 0.2) is 0 Å². The van der Waals surface area contributed by atoms with Crippen LogP contribution in [0.3, 0.4) is 0 Å². The van der Waals surface area contributed by atoms with Crippen molar-refractivity contribution >= 4 is 11.8 Å². The molecule has 21 heavy (non-hydrogen) atoms. The van der Waals surface area contributed by atoms with E-state index in [2.05, 4.69) is 5.32 Å². The Balaban J connectivity index is 1.86. The molecule has 0 aromatic heterocycles. The van der Waals surface area contributed by atoms with E-state index in [4.69, 9.17) is 4.74 Å². The number of hydrogen-bond acceptors (Lipinski definition) is 3. The molecule has 1 aromatic carbocycles. The van der Waals surface area contributed by atoms with E-state index in [9.17, 15) is 9.59 Å². The van der Waals surface area contributed by atoms with Crippen LogP contribution in [-0.4, -0.2) is 42.5 Å². The van der Waals surface area contributed by atoms with E-state index in [1.165, 1.54) is 0 Å². The number of aryl methyl sites for hydroxylation is 1. The minimum atomic E-state index is -0.343. The highest BCUT2D eigenvalue weighted by molar-refractivity contribution is 5.88. The first-order valence-electron chi connectivity index (χ1n) is 7.39. The van der Waals surface area contributed by atoms with Crippen LogP contribution in [-0.2, 0) is 9.59 Å². The molecule has 0 spiro atoms. The van der Waals surface area contributed by atoms with Crippen LogP contribution in [0, 0.1) is 6.92 Å². The molecule has 1 heterocycles. The quantitative estimate of drug-likeness (QED) is 0.894. The predicted octanol–water partition coefficient (Wildman–Crippen LogP) is 1.50. The Kier molecular flexibility index (Phi) is 5.20. The second-order valence-corrected chi connectivity index (χ2v) is 5.17. The first-order valence-corrected chi connectivity index (χ1v) is 7.39. The summed E-state index contributed by atoms with van der Waals surface area (Å²) >= 11 is 0. The van der Waals surface area contributed by atoms with Gasteiger partial charge in [-0.15, -0.1) is 0 Å². The van der Waals surface area contributed by atoms with Gasteiger partial charge < -0.3 is 15.0 Å². The van der Waals surface area contributed by atoms with E-state index in [1.54, 1.807) is 4.90 Å². The fourth-order valence-electron chi connectivity index (χ4n) is 2.53. The van der Waals surface area contributed by atoms with Crippen LogP contribution >= 0.6 is 0 Å². The van der Waals surface area contributed by atoms with Gasteiger partial charge in [0.1, 0.15) is 11.8 Å². The van der Waals surface area contributed by atoms with Crippen molar-refractivity contribution < 1.29 is 14.3 Å². The molecule has 1 saturated heterocycles. The number of benzene rings is 1. The molecule has 1 aliphatic heterocycles. The van der Waals surface area contributed by atoms with Crippen molar-refractivity contribution in [1.82, 2.24) is 10.2 Å². The molecule has 1 fully saturated rings. The minimum Gasteiger partial charge on any atom is -0.493 e. The second-order valence-electron chi connectivity index (χ2n) is 5.17. The Morgan fingerprint density at radius 1 is 1.43 bits per heavy atom. The number of carbonyl (C=O) groups is 2. The number of rotatable bonds is 5. The maximum Gasteiger partial charge on any atom is 0.242 e. The van der Waals surface area contributed by atoms with Crippen LogP contribution in [0.5, 0.6) is 5.75 Å². The van der Waals surface area contributed by atoms with Crippen molar-refractivity contribution in [2.24, 2.45) is 0 Å². The summed E-state index contributed by atoms with van der Waals surface area (Å²) in [6.07, 6.45) is 0.925. The Bertz CT molecular complexity index is 516. The van der Waals surface area contributed by atoms with E-state index >= 15 is 0 Å². The van der Waals surface area contributed by atoms with E-state index in [0.29, 0.717) is 26.1 Å². The van der Waals surface area contributed by atoms with Gasteiger partial charge in [-0.2, -0.15) is 0 Å². The van der Waals surface area contributed by atoms with Gasteiger partial charge in [0.2, 0.25) is 11.8 Å². The number of piperazine rings is 1. The highest BCUT2D eigenvalue weighted by atomic mass is 16.5. The van der Waals surface area contributed by atoms with Gasteiger partial charge in [-0.25, -0.2) is 0 Å². The first-order chi connectivity index (χ1) is 10.1. The number of carbonyl (C=O) groups excluding carboxylic acids is 2. The lowest BCUT2D eigenvalue weighted by Crippen LogP contribution is -2.57. The second kappa shape index (κ2) is 7.11. The SMILES string of the molecule is CCC1C(=O)NCCN1C(=O)CCOc1ccccc1C. The van der Waals surface area contributed by atoms with Crippen molar-refractivity contribution in [2.75, 3.05) is 19.7 Å². The van der Waals surface area contributed by atoms with Gasteiger partial charge in [-0.1, -0.05) is 25.1 Å². The van der Waals surface area contributed by atoms with Gasteiger partial charge in [0, 0.05) is 13.1 Å². The van der Waals surface area contributed by atoms with Crippen molar-refractivity contribution in [2.45, 2.75) is 32.7 Å². The number of amides is 2. The number of nitrogens with one attached hydrogen (secondary N) is 1. The molecule has 1 aromatic rings. The van der Waals surface area contributed by atoms with Gasteiger partial charge in [0.25, 0.3) is 0 Å². The van der Waals surface area contributed by atoms with Crippen LogP contribution in [0.25, 0.3) is 0 Å². The normalized spacial score (nSPS) is 18.3. The maximum absolute atomic E-state index is 12.3. The molecule has 114 valence electrons. The van der Waals surface area contributed by atoms with Gasteiger partial charge in [-0.3, -0.25) is 9.59 Å². The summed E-state index contributed by atoms with van der Waals surface area (Å²) in [6.45, 7) is 5.32. The standard InChI is InChI=1S/C16H22N2O3/c1-3-13-16(20)17-9-10-18(13)15(19)8-11-21-14-7-5-4-6-12(14)2/h4-7,13H,3,8-11H2,1-2H3,(H,17,20). The summed E-state index contributed by atoms with van der Waals surface area (Å²) in [5, 5.41) is 2.79. The topological polar surface area (TPSA) is 58.6 Å². The van der Waals surface area contributed by atoms with Crippen molar-refractivity contribution in [1.29, 1.82) is 0 Å². The van der Waals surface area contributed by atoms with Crippen molar-refractivity contribution in [3.05, 3.63) is 29.8 Å². The van der Waals surface area contributed by atoms with Gasteiger partial charge in [-0.05, 0) is 25.0 Å². The third-order valence-corrected chi connectivity index (χ3v) is 3.70. The summed E-state index contributed by atoms with van der Waals surface area (Å²) in [6, 6.07) is 7.38. The summed E-state index contributed by atoms with van der Waals surface area (Å²) in [5.41, 5.74) is 1.05. The Labute approximate surface area is 125 Å². The monoisotopic (exact) mass is 290 g/mol. The zero-order chi connectivity index (χ0) is 15.2. The molecular weight excluding hydrogens is 268 g/mol. The lowest BCUT2D eigenvalue weighted by molar-refractivity contribution is -0.143. The molecule has 0 saturated carbocycles. The largest absolute Gasteiger partial charge is 0.493 e. The van der Waals surface area contributed by atoms with Crippen LogP contribution in [0.1, 0.15) is 25.3 Å². The Hall–Kier alpha value is -2.04. The average Bonchev–Trinajstić information content (AvgIpc) is 2.48. The third kappa shape index (κ3) is 3.74. The van der Waals surface area contributed by atoms with Crippen LogP contribution < -0.4 is 10.1 Å². The lowest BCUT2D eigenvalue weighted by atomic mass is 10.1. The molecule has 2 amide bonds. The smallest absolute Gasteiger partial charge is 0.242 e. The summed E-state index contributed by atoms with van der Waals surface area (Å²) < 4.78 is 5.65. The fourth-order valence-corrected chi connectivity index (χ4v) is 2.53. The van der Waals surface area contributed by atoms with Crippen molar-refractivity contribution in [3.8, 4) is 5.75 Å². The molecule has 1 aliphatic rings. The van der Waals surface area contributed by atoms with E-state index in [1.807, 2.05) is 38.1 Å². The average molecular weight is 290 g/mol. The zero-order valence-electron chi connectivity index (χ0n) is 12.6. The van der Waals surface area contributed by atoms with Crippen LogP contribution in [0.4, 0.5) is 0 Å². The summed E-state index contributed by atoms with van der Waals surface area (Å²) in [7, 11) is 0. The number of para-hydroxylation sites is 1. The Morgan fingerprint density at radius 2 is 2.19 bits per heavy atom. The molecular formula is C16H22N2O3. The minimum absolute atomic E-state index is 0.0229. The van der Waals surface area contributed by atoms with Crippen LogP contribution in [0.15, 0.2) is 24.3 Å². The van der Waals surface area contributed by atoms with Crippen molar-refractivity contribution in [3.63, 3.8) is 0 Å². The summed E-state index contributed by atoms with van der Waals surface area (Å²) in [5.74, 6) is 0.718. The van der Waals surface area contributed by atoms with Crippen LogP contribution in [0.2, 0.25) is 0 Å². The predicted molar refractivity (Wildman–Crippen MR) is 80.1 cm³/mol. The molecule has 1 unspecified atom stereocenters. The first kappa shape index (κ1) is 15.4. The molecule has 0 bridgehead atoms. The fraction of sp³-hybridized carbons (Fsp3) is 0.500. The lowest BCUT2D eigenvalue weighted by Gasteiger charge is -2.34. The zero-order valence-corrected chi connectivity index (χ0v) is 12.6. The molecule has 0 aliphatic carbocycles. The molecule has 5 heteroatoms. The molecule has 1 N–H and O–H groups in total. The highest BCUT2D eigenvalue weighted by Crippen LogP contribution is 2.17. The summed E-state index contributed by atoms with van der Waals surface area (Å²) in [4.78, 5) is 25.7. The Morgan fingerprint density at radius 3 is 2.90 bits per heavy atom. The van der Waals surface area contributed by atoms with E-state index < -0.39 is 0 Å². The number of hydrogen-bond donors (Lipinski definition) is 1. The molecule has 5 nitrogen and oxygen atoms in total. The molecule has 2 rings (SSSR count). The molecule has 0 radical (unpaired) electrons. The van der Waals surface area contributed by atoms with Gasteiger partial charge >= 0.3 is 0 Å². The van der Waals surface area contributed by atoms with E-state index in [-0.39, 0.29) is 24.3 Å². The highest BCUT2D eigenvalue weighted by Gasteiger charge is 2.31.